The van der Waals surface area contributed by atoms with Crippen LogP contribution in [0, 0.1) is 0 Å². The highest BCUT2D eigenvalue weighted by atomic mass is 16.7. The number of ether oxygens (including phenoxy) is 2. The van der Waals surface area contributed by atoms with E-state index in [1.807, 2.05) is 6.92 Å². The van der Waals surface area contributed by atoms with Gasteiger partial charge in [-0.3, -0.25) is 0 Å². The van der Waals surface area contributed by atoms with Crippen molar-refractivity contribution in [3.8, 4) is 17.2 Å². The second-order valence-corrected chi connectivity index (χ2v) is 9.15. The van der Waals surface area contributed by atoms with Crippen molar-refractivity contribution < 1.29 is 24.5 Å². The largest absolute Gasteiger partial charge is 0.511 e. The summed E-state index contributed by atoms with van der Waals surface area (Å²) < 4.78 is 10.8. The molecule has 1 rings (SSSR count). The number of aryl methyl sites for hydroxylation is 1. The molecule has 0 unspecified atom stereocenters. The maximum Gasteiger partial charge on any atom is 0.511 e. The Labute approximate surface area is 201 Å². The van der Waals surface area contributed by atoms with Gasteiger partial charge in [0.05, 0.1) is 6.61 Å². The molecular formula is C28H48O5. The molecule has 1 aromatic carbocycles. The van der Waals surface area contributed by atoms with E-state index in [2.05, 4.69) is 13.8 Å². The number of phenolic OH excluding ortho intramolecular Hbond substituents is 1. The summed E-state index contributed by atoms with van der Waals surface area (Å²) in [6.45, 7) is 6.95. The molecule has 0 aliphatic carbocycles. The number of aromatic hydroxyl groups is 1. The first kappa shape index (κ1) is 29.1. The fourth-order valence-electron chi connectivity index (χ4n) is 4.27. The first-order valence-electron chi connectivity index (χ1n) is 13.5. The normalized spacial score (nSPS) is 11.0. The molecule has 0 aromatic heterocycles. The minimum atomic E-state index is -1.42. The van der Waals surface area contributed by atoms with Gasteiger partial charge < -0.3 is 19.7 Å². The molecule has 33 heavy (non-hydrogen) atoms. The number of hydrogen-bond acceptors (Lipinski definition) is 4. The van der Waals surface area contributed by atoms with Gasteiger partial charge in [0.1, 0.15) is 0 Å². The summed E-state index contributed by atoms with van der Waals surface area (Å²) in [5.74, 6) is 0.210. The molecule has 0 saturated heterocycles. The van der Waals surface area contributed by atoms with Gasteiger partial charge in [-0.05, 0) is 43.7 Å². The zero-order valence-electron chi connectivity index (χ0n) is 21.4. The number of unbranched alkanes of at least 4 members (excludes halogenated alkanes) is 12. The van der Waals surface area contributed by atoms with Crippen LogP contribution in [0.4, 0.5) is 4.79 Å². The van der Waals surface area contributed by atoms with Gasteiger partial charge in [0.15, 0.2) is 11.5 Å². The van der Waals surface area contributed by atoms with Gasteiger partial charge in [-0.2, -0.15) is 0 Å². The van der Waals surface area contributed by atoms with Gasteiger partial charge >= 0.3 is 6.16 Å². The van der Waals surface area contributed by atoms with Gasteiger partial charge in [0.25, 0.3) is 0 Å². The number of benzene rings is 1. The minimum Gasteiger partial charge on any atom is -0.502 e. The zero-order chi connectivity index (χ0) is 24.3. The van der Waals surface area contributed by atoms with Crippen molar-refractivity contribution >= 4 is 6.16 Å². The quantitative estimate of drug-likeness (QED) is 0.114. The van der Waals surface area contributed by atoms with Crippen LogP contribution in [0.2, 0.25) is 0 Å². The summed E-state index contributed by atoms with van der Waals surface area (Å²) >= 11 is 0. The van der Waals surface area contributed by atoms with Crippen molar-refractivity contribution in [1.82, 2.24) is 0 Å². The summed E-state index contributed by atoms with van der Waals surface area (Å²) in [6.07, 6.45) is 18.2. The maximum absolute atomic E-state index is 11.2. The number of carboxylic acid groups (broad SMARTS) is 1. The van der Waals surface area contributed by atoms with Crippen LogP contribution < -0.4 is 9.47 Å². The van der Waals surface area contributed by atoms with Gasteiger partial charge in [0.2, 0.25) is 5.75 Å². The Morgan fingerprint density at radius 1 is 0.758 bits per heavy atom. The third kappa shape index (κ3) is 12.2. The van der Waals surface area contributed by atoms with E-state index in [9.17, 15) is 9.90 Å². The molecule has 2 N–H and O–H groups in total. The highest BCUT2D eigenvalue weighted by molar-refractivity contribution is 5.67. The molecule has 1 aromatic rings. The van der Waals surface area contributed by atoms with Crippen molar-refractivity contribution in [2.75, 3.05) is 6.61 Å². The van der Waals surface area contributed by atoms with E-state index in [0.29, 0.717) is 12.4 Å². The third-order valence-corrected chi connectivity index (χ3v) is 6.14. The minimum absolute atomic E-state index is 0.0186. The molecule has 0 fully saturated rings. The highest BCUT2D eigenvalue weighted by Crippen LogP contribution is 2.43. The summed E-state index contributed by atoms with van der Waals surface area (Å²) in [4.78, 5) is 11.2. The molecule has 0 heterocycles. The molecule has 0 amide bonds. The van der Waals surface area contributed by atoms with Crippen molar-refractivity contribution in [2.45, 2.75) is 130 Å². The SMILES string of the molecule is CCCCCCCCCc1cc(OC(=O)O)c(O)c(OCCC)c1CCCCCCCCC. The van der Waals surface area contributed by atoms with Crippen LogP contribution in [0.5, 0.6) is 17.2 Å². The Morgan fingerprint density at radius 3 is 1.79 bits per heavy atom. The first-order chi connectivity index (χ1) is 16.0. The monoisotopic (exact) mass is 464 g/mol. The third-order valence-electron chi connectivity index (χ3n) is 6.14. The molecule has 5 heteroatoms. The van der Waals surface area contributed by atoms with Gasteiger partial charge in [-0.15, -0.1) is 0 Å². The average molecular weight is 465 g/mol. The summed E-state index contributed by atoms with van der Waals surface area (Å²) in [5, 5.41) is 19.9. The van der Waals surface area contributed by atoms with Crippen LogP contribution in [-0.4, -0.2) is 23.0 Å². The number of rotatable bonds is 20. The van der Waals surface area contributed by atoms with E-state index < -0.39 is 6.16 Å². The van der Waals surface area contributed by atoms with E-state index in [0.717, 1.165) is 56.1 Å². The second kappa shape index (κ2) is 18.5. The Balaban J connectivity index is 2.92. The maximum atomic E-state index is 11.2. The van der Waals surface area contributed by atoms with E-state index in [4.69, 9.17) is 14.6 Å². The summed E-state index contributed by atoms with van der Waals surface area (Å²) in [5.41, 5.74) is 2.08. The molecule has 0 spiro atoms. The smallest absolute Gasteiger partial charge is 0.502 e. The van der Waals surface area contributed by atoms with Gasteiger partial charge in [-0.25, -0.2) is 4.79 Å². The van der Waals surface area contributed by atoms with Gasteiger partial charge in [0, 0.05) is 5.56 Å². The van der Waals surface area contributed by atoms with E-state index >= 15 is 0 Å². The molecular weight excluding hydrogens is 416 g/mol. The van der Waals surface area contributed by atoms with Crippen LogP contribution in [0.25, 0.3) is 0 Å². The Kier molecular flexibility index (Phi) is 16.3. The topological polar surface area (TPSA) is 76.0 Å². The Hall–Kier alpha value is -1.91. The molecule has 5 nitrogen and oxygen atoms in total. The Morgan fingerprint density at radius 2 is 1.27 bits per heavy atom. The Bertz CT molecular complexity index is 656. The molecule has 0 radical (unpaired) electrons. The molecule has 0 aliphatic rings. The lowest BCUT2D eigenvalue weighted by Crippen LogP contribution is -2.08. The molecule has 0 atom stereocenters. The predicted octanol–water partition coefficient (Wildman–Crippen LogP) is 8.82. The highest BCUT2D eigenvalue weighted by Gasteiger charge is 2.21. The fraction of sp³-hybridized carbons (Fsp3) is 0.750. The van der Waals surface area contributed by atoms with E-state index in [1.165, 1.54) is 64.2 Å². The van der Waals surface area contributed by atoms with Crippen molar-refractivity contribution in [3.05, 3.63) is 17.2 Å². The van der Waals surface area contributed by atoms with Crippen LogP contribution in [0.1, 0.15) is 128 Å². The van der Waals surface area contributed by atoms with Gasteiger partial charge in [-0.1, -0.05) is 97.8 Å². The molecule has 0 saturated carbocycles. The zero-order valence-corrected chi connectivity index (χ0v) is 21.4. The lowest BCUT2D eigenvalue weighted by atomic mass is 9.94. The van der Waals surface area contributed by atoms with Crippen molar-refractivity contribution in [2.24, 2.45) is 0 Å². The fourth-order valence-corrected chi connectivity index (χ4v) is 4.27. The summed E-state index contributed by atoms with van der Waals surface area (Å²) in [6, 6.07) is 1.72. The molecule has 190 valence electrons. The number of phenols is 1. The van der Waals surface area contributed by atoms with E-state index in [1.54, 1.807) is 6.07 Å². The lowest BCUT2D eigenvalue weighted by Gasteiger charge is -2.19. The van der Waals surface area contributed by atoms with Crippen molar-refractivity contribution in [3.63, 3.8) is 0 Å². The number of hydrogen-bond donors (Lipinski definition) is 2. The van der Waals surface area contributed by atoms with Crippen molar-refractivity contribution in [1.29, 1.82) is 0 Å². The summed E-state index contributed by atoms with van der Waals surface area (Å²) in [7, 11) is 0. The predicted molar refractivity (Wildman–Crippen MR) is 136 cm³/mol. The van der Waals surface area contributed by atoms with Crippen LogP contribution in [0.3, 0.4) is 0 Å². The number of carbonyl (C=O) groups is 1. The van der Waals surface area contributed by atoms with Crippen LogP contribution in [-0.2, 0) is 12.8 Å². The second-order valence-electron chi connectivity index (χ2n) is 9.15. The molecule has 0 bridgehead atoms. The molecule has 0 aliphatic heterocycles. The first-order valence-corrected chi connectivity index (χ1v) is 13.5. The van der Waals surface area contributed by atoms with E-state index in [-0.39, 0.29) is 11.5 Å². The average Bonchev–Trinajstić information content (AvgIpc) is 2.79. The van der Waals surface area contributed by atoms with Crippen LogP contribution >= 0.6 is 0 Å². The standard InChI is InChI=1S/C28H48O5/c1-4-7-9-11-13-15-17-19-23-22-25(33-28(30)31)26(29)27(32-21-6-3)24(23)20-18-16-14-12-10-8-5-2/h22,29H,4-21H2,1-3H3,(H,30,31). The lowest BCUT2D eigenvalue weighted by molar-refractivity contribution is 0.142. The van der Waals surface area contributed by atoms with Crippen LogP contribution in [0.15, 0.2) is 6.07 Å².